The molecule has 1 rings (SSSR count). The normalized spacial score (nSPS) is 10.6. The second-order valence-electron chi connectivity index (χ2n) is 4.81. The van der Waals surface area contributed by atoms with Gasteiger partial charge in [0.1, 0.15) is 0 Å². The van der Waals surface area contributed by atoms with Gasteiger partial charge in [0.2, 0.25) is 5.91 Å². The highest BCUT2D eigenvalue weighted by Crippen LogP contribution is 2.18. The minimum absolute atomic E-state index is 0.0118. The van der Waals surface area contributed by atoms with Crippen molar-refractivity contribution < 1.29 is 4.79 Å². The molecule has 0 aliphatic carbocycles. The van der Waals surface area contributed by atoms with E-state index in [2.05, 4.69) is 5.32 Å². The minimum atomic E-state index is -0.0118. The van der Waals surface area contributed by atoms with Crippen LogP contribution in [0.4, 0.5) is 0 Å². The molecule has 0 atom stereocenters. The molecule has 0 aromatic heterocycles. The molecule has 0 aliphatic rings. The van der Waals surface area contributed by atoms with Crippen molar-refractivity contribution in [3.63, 3.8) is 0 Å². The van der Waals surface area contributed by atoms with Crippen LogP contribution in [0.15, 0.2) is 18.2 Å². The van der Waals surface area contributed by atoms with Crippen molar-refractivity contribution in [1.82, 2.24) is 10.2 Å². The first-order chi connectivity index (χ1) is 8.92. The number of hydrogen-bond donors (Lipinski definition) is 1. The molecule has 5 heteroatoms. The number of nitrogens with one attached hydrogen (secondary N) is 1. The minimum Gasteiger partial charge on any atom is -0.353 e. The van der Waals surface area contributed by atoms with Gasteiger partial charge in [-0.3, -0.25) is 9.69 Å². The number of likely N-dealkylation sites (N-methyl/N-ethyl adjacent to an activating group) is 1. The average Bonchev–Trinajstić information content (AvgIpc) is 2.30. The van der Waals surface area contributed by atoms with Gasteiger partial charge in [0.05, 0.1) is 18.2 Å². The molecule has 0 heterocycles. The summed E-state index contributed by atoms with van der Waals surface area (Å²) in [5.41, 5.74) is 1.44. The largest absolute Gasteiger partial charge is 0.353 e. The highest BCUT2D eigenvalue weighted by atomic mass is 35.5. The number of amides is 1. The molecular weight excluding hydrogens is 262 g/mol. The van der Waals surface area contributed by atoms with E-state index in [1.165, 1.54) is 0 Å². The Kier molecular flexibility index (Phi) is 5.81. The predicted molar refractivity (Wildman–Crippen MR) is 75.8 cm³/mol. The van der Waals surface area contributed by atoms with Crippen LogP contribution >= 0.6 is 11.6 Å². The van der Waals surface area contributed by atoms with Crippen molar-refractivity contribution in [3.05, 3.63) is 34.3 Å². The van der Waals surface area contributed by atoms with E-state index in [-0.39, 0.29) is 11.9 Å². The monoisotopic (exact) mass is 279 g/mol. The van der Waals surface area contributed by atoms with Gasteiger partial charge in [0, 0.05) is 17.6 Å². The van der Waals surface area contributed by atoms with Crippen LogP contribution in [0.2, 0.25) is 5.02 Å². The first-order valence-electron chi connectivity index (χ1n) is 6.08. The molecular formula is C14H18ClN3O. The molecule has 19 heavy (non-hydrogen) atoms. The van der Waals surface area contributed by atoms with E-state index in [1.54, 1.807) is 12.1 Å². The Balaban J connectivity index is 2.60. The molecule has 0 fully saturated rings. The summed E-state index contributed by atoms with van der Waals surface area (Å²) in [6, 6.07) is 7.36. The third-order valence-corrected chi connectivity index (χ3v) is 2.84. The van der Waals surface area contributed by atoms with Crippen molar-refractivity contribution >= 4 is 17.5 Å². The van der Waals surface area contributed by atoms with Gasteiger partial charge in [-0.15, -0.1) is 0 Å². The molecule has 1 N–H and O–H groups in total. The Morgan fingerprint density at radius 3 is 2.74 bits per heavy atom. The molecule has 1 amide bonds. The Labute approximate surface area is 119 Å². The number of nitrogens with zero attached hydrogens (tertiary/aromatic N) is 2. The number of nitriles is 1. The van der Waals surface area contributed by atoms with Gasteiger partial charge in [0.15, 0.2) is 0 Å². The molecule has 1 aromatic rings. The SMILES string of the molecule is CC(C)NC(=O)CN(C)Cc1ccc(C#N)cc1Cl. The molecule has 1 aromatic carbocycles. The van der Waals surface area contributed by atoms with E-state index in [9.17, 15) is 4.79 Å². The molecule has 0 spiro atoms. The Morgan fingerprint density at radius 1 is 1.53 bits per heavy atom. The lowest BCUT2D eigenvalue weighted by molar-refractivity contribution is -0.122. The van der Waals surface area contributed by atoms with Crippen LogP contribution in [0.5, 0.6) is 0 Å². The molecule has 0 radical (unpaired) electrons. The second-order valence-corrected chi connectivity index (χ2v) is 5.22. The van der Waals surface area contributed by atoms with E-state index >= 15 is 0 Å². The molecule has 0 saturated heterocycles. The third kappa shape index (κ3) is 5.29. The van der Waals surface area contributed by atoms with Crippen molar-refractivity contribution in [2.24, 2.45) is 0 Å². The predicted octanol–water partition coefficient (Wildman–Crippen LogP) is 2.17. The topological polar surface area (TPSA) is 56.1 Å². The van der Waals surface area contributed by atoms with E-state index in [1.807, 2.05) is 37.9 Å². The molecule has 0 saturated carbocycles. The summed E-state index contributed by atoms with van der Waals surface area (Å²) in [5.74, 6) is -0.0118. The average molecular weight is 280 g/mol. The first-order valence-corrected chi connectivity index (χ1v) is 6.46. The lowest BCUT2D eigenvalue weighted by Gasteiger charge is -2.18. The molecule has 0 unspecified atom stereocenters. The number of halogens is 1. The fraction of sp³-hybridized carbons (Fsp3) is 0.429. The Bertz CT molecular complexity index is 494. The second kappa shape index (κ2) is 7.13. The van der Waals surface area contributed by atoms with Gasteiger partial charge in [-0.25, -0.2) is 0 Å². The zero-order chi connectivity index (χ0) is 14.4. The summed E-state index contributed by atoms with van der Waals surface area (Å²) >= 11 is 6.09. The van der Waals surface area contributed by atoms with Crippen LogP contribution in [0, 0.1) is 11.3 Å². The molecule has 0 bridgehead atoms. The lowest BCUT2D eigenvalue weighted by Crippen LogP contribution is -2.38. The number of carbonyl (C=O) groups excluding carboxylic acids is 1. The number of benzene rings is 1. The summed E-state index contributed by atoms with van der Waals surface area (Å²) in [7, 11) is 1.86. The van der Waals surface area contributed by atoms with Crippen molar-refractivity contribution in [2.75, 3.05) is 13.6 Å². The summed E-state index contributed by atoms with van der Waals surface area (Å²) in [4.78, 5) is 13.5. The molecule has 4 nitrogen and oxygen atoms in total. The van der Waals surface area contributed by atoms with Crippen LogP contribution in [-0.2, 0) is 11.3 Å². The van der Waals surface area contributed by atoms with Gasteiger partial charge in [0.25, 0.3) is 0 Å². The summed E-state index contributed by atoms with van der Waals surface area (Å²) in [6.45, 7) is 4.73. The smallest absolute Gasteiger partial charge is 0.234 e. The summed E-state index contributed by atoms with van der Waals surface area (Å²) in [6.07, 6.45) is 0. The summed E-state index contributed by atoms with van der Waals surface area (Å²) < 4.78 is 0. The number of rotatable bonds is 5. The maximum Gasteiger partial charge on any atom is 0.234 e. The van der Waals surface area contributed by atoms with E-state index < -0.39 is 0 Å². The maximum atomic E-state index is 11.6. The zero-order valence-electron chi connectivity index (χ0n) is 11.4. The fourth-order valence-electron chi connectivity index (χ4n) is 1.70. The van der Waals surface area contributed by atoms with E-state index in [0.29, 0.717) is 23.7 Å². The number of carbonyl (C=O) groups is 1. The maximum absolute atomic E-state index is 11.6. The van der Waals surface area contributed by atoms with Crippen LogP contribution in [0.25, 0.3) is 0 Å². The zero-order valence-corrected chi connectivity index (χ0v) is 12.2. The van der Waals surface area contributed by atoms with Gasteiger partial charge in [-0.2, -0.15) is 5.26 Å². The van der Waals surface area contributed by atoms with Gasteiger partial charge in [-0.05, 0) is 38.6 Å². The van der Waals surface area contributed by atoms with Gasteiger partial charge >= 0.3 is 0 Å². The van der Waals surface area contributed by atoms with Gasteiger partial charge in [-0.1, -0.05) is 17.7 Å². The summed E-state index contributed by atoms with van der Waals surface area (Å²) in [5, 5.41) is 12.2. The van der Waals surface area contributed by atoms with Crippen molar-refractivity contribution in [3.8, 4) is 6.07 Å². The lowest BCUT2D eigenvalue weighted by atomic mass is 10.1. The highest BCUT2D eigenvalue weighted by molar-refractivity contribution is 6.31. The molecule has 102 valence electrons. The van der Waals surface area contributed by atoms with Crippen molar-refractivity contribution in [1.29, 1.82) is 5.26 Å². The quantitative estimate of drug-likeness (QED) is 0.899. The van der Waals surface area contributed by atoms with Crippen LogP contribution < -0.4 is 5.32 Å². The Morgan fingerprint density at radius 2 is 2.21 bits per heavy atom. The Hall–Kier alpha value is -1.57. The first kappa shape index (κ1) is 15.5. The van der Waals surface area contributed by atoms with E-state index in [4.69, 9.17) is 16.9 Å². The molecule has 0 aliphatic heterocycles. The van der Waals surface area contributed by atoms with Crippen LogP contribution in [-0.4, -0.2) is 30.4 Å². The van der Waals surface area contributed by atoms with Crippen LogP contribution in [0.3, 0.4) is 0 Å². The van der Waals surface area contributed by atoms with E-state index in [0.717, 1.165) is 5.56 Å². The number of hydrogen-bond acceptors (Lipinski definition) is 3. The van der Waals surface area contributed by atoms with Crippen molar-refractivity contribution in [2.45, 2.75) is 26.4 Å². The standard InChI is InChI=1S/C14H18ClN3O/c1-10(2)17-14(19)9-18(3)8-12-5-4-11(7-16)6-13(12)15/h4-6,10H,8-9H2,1-3H3,(H,17,19). The highest BCUT2D eigenvalue weighted by Gasteiger charge is 2.10. The van der Waals surface area contributed by atoms with Gasteiger partial charge < -0.3 is 5.32 Å². The third-order valence-electron chi connectivity index (χ3n) is 2.49. The fourth-order valence-corrected chi connectivity index (χ4v) is 1.94. The van der Waals surface area contributed by atoms with Crippen LogP contribution in [0.1, 0.15) is 25.0 Å².